The summed E-state index contributed by atoms with van der Waals surface area (Å²) in [5, 5.41) is 13.5. The number of hydrogen-bond donors (Lipinski definition) is 2. The van der Waals surface area contributed by atoms with Gasteiger partial charge in [-0.15, -0.1) is 24.8 Å². The summed E-state index contributed by atoms with van der Waals surface area (Å²) in [6, 6.07) is 9.52. The normalized spacial score (nSPS) is 20.8. The standard InChI is InChI=1S/C19H29N3O4S.2ClH/c1-27(25,26)19(7-9-20-10-8-19)18(24)22-13-11-21(12-14-22)15-17(23)16-5-3-2-4-6-16;;/h2-6,17,20,23H,7-15H2,1H3;2*1H. The third-order valence-electron chi connectivity index (χ3n) is 5.79. The number of β-amino-alcohol motifs (C(OH)–C–C–N with tert-alkyl or cyclic N) is 1. The summed E-state index contributed by atoms with van der Waals surface area (Å²) in [6.07, 6.45) is 1.28. The highest BCUT2D eigenvalue weighted by Crippen LogP contribution is 2.30. The maximum atomic E-state index is 13.1. The van der Waals surface area contributed by atoms with Gasteiger partial charge in [0.25, 0.3) is 0 Å². The zero-order chi connectivity index (χ0) is 19.5. The maximum Gasteiger partial charge on any atom is 0.244 e. The number of carbonyl (C=O) groups is 1. The molecular formula is C19H31Cl2N3O4S. The molecule has 0 aliphatic carbocycles. The molecule has 29 heavy (non-hydrogen) atoms. The van der Waals surface area contributed by atoms with Crippen molar-refractivity contribution in [2.24, 2.45) is 0 Å². The molecule has 0 spiro atoms. The number of nitrogens with zero attached hydrogens (tertiary/aromatic N) is 2. The number of nitrogens with one attached hydrogen (secondary N) is 1. The van der Waals surface area contributed by atoms with E-state index in [1.165, 1.54) is 6.26 Å². The van der Waals surface area contributed by atoms with E-state index < -0.39 is 20.7 Å². The third kappa shape index (κ3) is 5.83. The Hall–Kier alpha value is -0.900. The SMILES string of the molecule is CS(=O)(=O)C1(C(=O)N2CCN(CC(O)c3ccccc3)CC2)CCNCC1.Cl.Cl. The predicted octanol–water partition coefficient (Wildman–Crippen LogP) is 0.875. The van der Waals surface area contributed by atoms with E-state index >= 15 is 0 Å². The summed E-state index contributed by atoms with van der Waals surface area (Å²) in [6.45, 7) is 3.84. The van der Waals surface area contributed by atoms with Crippen molar-refractivity contribution >= 4 is 40.6 Å². The lowest BCUT2D eigenvalue weighted by atomic mass is 9.94. The summed E-state index contributed by atoms with van der Waals surface area (Å²) in [7, 11) is -3.49. The minimum absolute atomic E-state index is 0. The molecule has 2 N–H and O–H groups in total. The predicted molar refractivity (Wildman–Crippen MR) is 119 cm³/mol. The van der Waals surface area contributed by atoms with Gasteiger partial charge in [-0.05, 0) is 31.5 Å². The highest BCUT2D eigenvalue weighted by atomic mass is 35.5. The van der Waals surface area contributed by atoms with Gasteiger partial charge in [-0.25, -0.2) is 8.42 Å². The monoisotopic (exact) mass is 467 g/mol. The number of carbonyl (C=O) groups excluding carboxylic acids is 1. The van der Waals surface area contributed by atoms with Crippen LogP contribution >= 0.6 is 24.8 Å². The van der Waals surface area contributed by atoms with Crippen molar-refractivity contribution in [1.29, 1.82) is 0 Å². The smallest absolute Gasteiger partial charge is 0.244 e. The lowest BCUT2D eigenvalue weighted by Gasteiger charge is -2.42. The van der Waals surface area contributed by atoms with Gasteiger partial charge in [-0.3, -0.25) is 9.69 Å². The van der Waals surface area contributed by atoms with Gasteiger partial charge in [-0.1, -0.05) is 30.3 Å². The van der Waals surface area contributed by atoms with Crippen LogP contribution in [0.4, 0.5) is 0 Å². The van der Waals surface area contributed by atoms with Crippen LogP contribution in [0.3, 0.4) is 0 Å². The van der Waals surface area contributed by atoms with E-state index in [-0.39, 0.29) is 30.7 Å². The second-order valence-electron chi connectivity index (χ2n) is 7.54. The Morgan fingerprint density at radius 3 is 2.17 bits per heavy atom. The molecule has 1 aromatic rings. The number of rotatable bonds is 5. The van der Waals surface area contributed by atoms with Gasteiger partial charge in [0.1, 0.15) is 0 Å². The number of aliphatic hydroxyl groups is 1. The molecule has 0 saturated carbocycles. The Balaban J connectivity index is 0.00000210. The Kier molecular flexibility index (Phi) is 9.85. The second kappa shape index (κ2) is 10.9. The molecule has 1 aromatic carbocycles. The van der Waals surface area contributed by atoms with E-state index in [0.29, 0.717) is 58.7 Å². The first kappa shape index (κ1) is 26.1. The fourth-order valence-corrected chi connectivity index (χ4v) is 5.41. The molecule has 10 heteroatoms. The van der Waals surface area contributed by atoms with Gasteiger partial charge in [0, 0.05) is 39.0 Å². The van der Waals surface area contributed by atoms with Gasteiger partial charge in [-0.2, -0.15) is 0 Å². The zero-order valence-corrected chi connectivity index (χ0v) is 19.1. The molecule has 2 aliphatic rings. The van der Waals surface area contributed by atoms with E-state index in [0.717, 1.165) is 5.56 Å². The number of amides is 1. The molecule has 7 nitrogen and oxygen atoms in total. The van der Waals surface area contributed by atoms with Gasteiger partial charge in [0.2, 0.25) is 5.91 Å². The van der Waals surface area contributed by atoms with Crippen molar-refractivity contribution in [2.45, 2.75) is 23.7 Å². The Morgan fingerprint density at radius 2 is 1.66 bits per heavy atom. The van der Waals surface area contributed by atoms with Gasteiger partial charge in [0.15, 0.2) is 14.6 Å². The number of piperidine rings is 1. The molecule has 166 valence electrons. The number of sulfone groups is 1. The first-order valence-electron chi connectivity index (χ1n) is 9.48. The summed E-state index contributed by atoms with van der Waals surface area (Å²) >= 11 is 0. The first-order valence-corrected chi connectivity index (χ1v) is 11.4. The molecule has 3 rings (SSSR count). The molecule has 0 aromatic heterocycles. The van der Waals surface area contributed by atoms with Crippen LogP contribution in [0.5, 0.6) is 0 Å². The summed E-state index contributed by atoms with van der Waals surface area (Å²) < 4.78 is 23.6. The van der Waals surface area contributed by atoms with Gasteiger partial charge >= 0.3 is 0 Å². The molecule has 2 heterocycles. The van der Waals surface area contributed by atoms with Crippen molar-refractivity contribution in [3.63, 3.8) is 0 Å². The Labute approximate surface area is 185 Å². The van der Waals surface area contributed by atoms with Crippen LogP contribution in [-0.4, -0.2) is 86.0 Å². The van der Waals surface area contributed by atoms with Crippen molar-refractivity contribution < 1.29 is 18.3 Å². The molecule has 1 amide bonds. The molecule has 0 bridgehead atoms. The fraction of sp³-hybridized carbons (Fsp3) is 0.632. The third-order valence-corrected chi connectivity index (χ3v) is 7.79. The summed E-state index contributed by atoms with van der Waals surface area (Å²) in [4.78, 5) is 16.9. The van der Waals surface area contributed by atoms with Crippen molar-refractivity contribution in [1.82, 2.24) is 15.1 Å². The van der Waals surface area contributed by atoms with E-state index in [1.54, 1.807) is 4.90 Å². The van der Waals surface area contributed by atoms with Crippen LogP contribution in [0.2, 0.25) is 0 Å². The maximum absolute atomic E-state index is 13.1. The summed E-state index contributed by atoms with van der Waals surface area (Å²) in [5.41, 5.74) is 0.877. The number of benzene rings is 1. The molecule has 2 saturated heterocycles. The van der Waals surface area contributed by atoms with E-state index in [2.05, 4.69) is 10.2 Å². The highest BCUT2D eigenvalue weighted by Gasteiger charge is 2.50. The van der Waals surface area contributed by atoms with Crippen LogP contribution in [0.25, 0.3) is 0 Å². The molecule has 2 fully saturated rings. The molecular weight excluding hydrogens is 437 g/mol. The molecule has 0 radical (unpaired) electrons. The largest absolute Gasteiger partial charge is 0.387 e. The highest BCUT2D eigenvalue weighted by molar-refractivity contribution is 7.92. The van der Waals surface area contributed by atoms with Crippen molar-refractivity contribution in [3.05, 3.63) is 35.9 Å². The molecule has 1 unspecified atom stereocenters. The minimum atomic E-state index is -3.49. The number of piperazine rings is 1. The van der Waals surface area contributed by atoms with E-state index in [9.17, 15) is 18.3 Å². The van der Waals surface area contributed by atoms with E-state index in [4.69, 9.17) is 0 Å². The Bertz CT molecular complexity index is 750. The van der Waals surface area contributed by atoms with Crippen LogP contribution in [0.15, 0.2) is 30.3 Å². The lowest BCUT2D eigenvalue weighted by Crippen LogP contribution is -2.61. The van der Waals surface area contributed by atoms with E-state index in [1.807, 2.05) is 30.3 Å². The van der Waals surface area contributed by atoms with Crippen molar-refractivity contribution in [3.8, 4) is 0 Å². The number of hydrogen-bond acceptors (Lipinski definition) is 6. The zero-order valence-electron chi connectivity index (χ0n) is 16.6. The van der Waals surface area contributed by atoms with Gasteiger partial charge < -0.3 is 15.3 Å². The molecule has 2 aliphatic heterocycles. The number of halogens is 2. The van der Waals surface area contributed by atoms with Crippen molar-refractivity contribution in [2.75, 3.05) is 52.1 Å². The lowest BCUT2D eigenvalue weighted by molar-refractivity contribution is -0.136. The quantitative estimate of drug-likeness (QED) is 0.667. The van der Waals surface area contributed by atoms with Crippen LogP contribution in [-0.2, 0) is 14.6 Å². The van der Waals surface area contributed by atoms with Crippen LogP contribution in [0, 0.1) is 0 Å². The Morgan fingerprint density at radius 1 is 1.10 bits per heavy atom. The first-order chi connectivity index (χ1) is 12.8. The van der Waals surface area contributed by atoms with Gasteiger partial charge in [0.05, 0.1) is 6.10 Å². The second-order valence-corrected chi connectivity index (χ2v) is 9.86. The summed E-state index contributed by atoms with van der Waals surface area (Å²) in [5.74, 6) is -0.255. The fourth-order valence-electron chi connectivity index (χ4n) is 4.02. The van der Waals surface area contributed by atoms with Crippen LogP contribution < -0.4 is 5.32 Å². The molecule has 1 atom stereocenters. The average molecular weight is 468 g/mol. The average Bonchev–Trinajstić information content (AvgIpc) is 2.68. The minimum Gasteiger partial charge on any atom is -0.387 e. The topological polar surface area (TPSA) is 90.0 Å². The van der Waals surface area contributed by atoms with Crippen LogP contribution in [0.1, 0.15) is 24.5 Å². The number of aliphatic hydroxyl groups excluding tert-OH is 1.